The molecule has 0 saturated carbocycles. The molecule has 1 atom stereocenters. The number of nitrogens with zero attached hydrogens (tertiary/aromatic N) is 1. The SMILES string of the molecule is COc1ccc(NC(N)=NCC2CCc3ccccc32)cc1Cl. The second-order valence-corrected chi connectivity index (χ2v) is 6.04. The van der Waals surface area contributed by atoms with E-state index < -0.39 is 0 Å². The molecule has 2 aromatic rings. The Morgan fingerprint density at radius 2 is 2.17 bits per heavy atom. The average molecular weight is 330 g/mol. The number of aliphatic imine (C=N–C) groups is 1. The van der Waals surface area contributed by atoms with Crippen LogP contribution in [0, 0.1) is 0 Å². The van der Waals surface area contributed by atoms with Crippen molar-refractivity contribution in [2.75, 3.05) is 19.0 Å². The Balaban J connectivity index is 1.64. The Bertz CT molecular complexity index is 730. The van der Waals surface area contributed by atoms with Gasteiger partial charge in [-0.15, -0.1) is 0 Å². The Labute approximate surface area is 141 Å². The van der Waals surface area contributed by atoms with E-state index in [9.17, 15) is 0 Å². The van der Waals surface area contributed by atoms with Gasteiger partial charge in [0.2, 0.25) is 0 Å². The highest BCUT2D eigenvalue weighted by Gasteiger charge is 2.21. The number of hydrogen-bond acceptors (Lipinski definition) is 2. The van der Waals surface area contributed by atoms with Crippen molar-refractivity contribution in [2.45, 2.75) is 18.8 Å². The summed E-state index contributed by atoms with van der Waals surface area (Å²) in [5, 5.41) is 3.61. The lowest BCUT2D eigenvalue weighted by atomic mass is 10.0. The molecule has 23 heavy (non-hydrogen) atoms. The quantitative estimate of drug-likeness (QED) is 0.662. The molecule has 4 nitrogen and oxygen atoms in total. The summed E-state index contributed by atoms with van der Waals surface area (Å²) in [5.74, 6) is 1.48. The van der Waals surface area contributed by atoms with Gasteiger partial charge in [-0.3, -0.25) is 4.99 Å². The number of nitrogens with two attached hydrogens (primary N) is 1. The van der Waals surface area contributed by atoms with Gasteiger partial charge in [-0.25, -0.2) is 0 Å². The Morgan fingerprint density at radius 3 is 2.96 bits per heavy atom. The van der Waals surface area contributed by atoms with Crippen molar-refractivity contribution in [2.24, 2.45) is 10.7 Å². The van der Waals surface area contributed by atoms with E-state index in [1.54, 1.807) is 19.2 Å². The van der Waals surface area contributed by atoms with Crippen LogP contribution in [-0.4, -0.2) is 19.6 Å². The molecule has 0 saturated heterocycles. The van der Waals surface area contributed by atoms with Crippen molar-refractivity contribution in [3.8, 4) is 5.75 Å². The number of methoxy groups -OCH3 is 1. The molecule has 1 aliphatic carbocycles. The third-order valence-corrected chi connectivity index (χ3v) is 4.46. The van der Waals surface area contributed by atoms with Crippen LogP contribution in [0.1, 0.15) is 23.5 Å². The predicted octanol–water partition coefficient (Wildman–Crippen LogP) is 3.81. The molecule has 0 aliphatic heterocycles. The molecule has 3 N–H and O–H groups in total. The number of nitrogens with one attached hydrogen (secondary N) is 1. The molecule has 3 rings (SSSR count). The van der Waals surface area contributed by atoms with Crippen LogP contribution in [-0.2, 0) is 6.42 Å². The fourth-order valence-corrected chi connectivity index (χ4v) is 3.23. The number of benzene rings is 2. The number of halogens is 1. The van der Waals surface area contributed by atoms with Crippen molar-refractivity contribution >= 4 is 23.2 Å². The monoisotopic (exact) mass is 329 g/mol. The topological polar surface area (TPSA) is 59.6 Å². The third-order valence-electron chi connectivity index (χ3n) is 4.16. The minimum atomic E-state index is 0.399. The summed E-state index contributed by atoms with van der Waals surface area (Å²) in [4.78, 5) is 4.48. The van der Waals surface area contributed by atoms with Crippen molar-refractivity contribution < 1.29 is 4.74 Å². The lowest BCUT2D eigenvalue weighted by Crippen LogP contribution is -2.23. The summed E-state index contributed by atoms with van der Waals surface area (Å²) in [6, 6.07) is 14.0. The zero-order chi connectivity index (χ0) is 16.2. The number of anilines is 1. The van der Waals surface area contributed by atoms with Gasteiger partial charge in [0.25, 0.3) is 0 Å². The first kappa shape index (κ1) is 15.7. The van der Waals surface area contributed by atoms with E-state index in [0.29, 0.717) is 29.2 Å². The van der Waals surface area contributed by atoms with Crippen LogP contribution in [0.25, 0.3) is 0 Å². The summed E-state index contributed by atoms with van der Waals surface area (Å²) in [7, 11) is 1.59. The van der Waals surface area contributed by atoms with Gasteiger partial charge in [-0.2, -0.15) is 0 Å². The second-order valence-electron chi connectivity index (χ2n) is 5.63. The van der Waals surface area contributed by atoms with Gasteiger partial charge >= 0.3 is 0 Å². The Kier molecular flexibility index (Phi) is 4.72. The van der Waals surface area contributed by atoms with Gasteiger partial charge in [0.05, 0.1) is 12.1 Å². The standard InChI is InChI=1S/C18H20ClN3O/c1-23-17-9-8-14(10-16(17)19)22-18(20)21-11-13-7-6-12-4-2-3-5-15(12)13/h2-5,8-10,13H,6-7,11H2,1H3,(H3,20,21,22). The molecule has 120 valence electrons. The van der Waals surface area contributed by atoms with Crippen LogP contribution < -0.4 is 15.8 Å². The number of aryl methyl sites for hydroxylation is 1. The normalized spacial score (nSPS) is 17.0. The number of hydrogen-bond donors (Lipinski definition) is 2. The maximum absolute atomic E-state index is 6.10. The summed E-state index contributed by atoms with van der Waals surface area (Å²) in [5.41, 5.74) is 9.62. The largest absolute Gasteiger partial charge is 0.495 e. The number of guanidine groups is 1. The van der Waals surface area contributed by atoms with Gasteiger partial charge in [-0.1, -0.05) is 35.9 Å². The smallest absolute Gasteiger partial charge is 0.193 e. The molecule has 1 unspecified atom stereocenters. The van der Waals surface area contributed by atoms with Gasteiger partial charge in [0.1, 0.15) is 5.75 Å². The molecule has 2 aromatic carbocycles. The minimum absolute atomic E-state index is 0.399. The highest BCUT2D eigenvalue weighted by Crippen LogP contribution is 2.33. The van der Waals surface area contributed by atoms with Crippen LogP contribution in [0.15, 0.2) is 47.5 Å². The van der Waals surface area contributed by atoms with E-state index in [1.165, 1.54) is 11.1 Å². The van der Waals surface area contributed by atoms with Gasteiger partial charge in [0.15, 0.2) is 5.96 Å². The molecule has 0 aromatic heterocycles. The van der Waals surface area contributed by atoms with Crippen molar-refractivity contribution in [3.05, 3.63) is 58.6 Å². The fraction of sp³-hybridized carbons (Fsp3) is 0.278. The fourth-order valence-electron chi connectivity index (χ4n) is 2.98. The lowest BCUT2D eigenvalue weighted by molar-refractivity contribution is 0.415. The third kappa shape index (κ3) is 3.59. The van der Waals surface area contributed by atoms with E-state index in [1.807, 2.05) is 6.07 Å². The first-order valence-electron chi connectivity index (χ1n) is 7.65. The zero-order valence-corrected chi connectivity index (χ0v) is 13.8. The Morgan fingerprint density at radius 1 is 1.35 bits per heavy atom. The molecule has 0 fully saturated rings. The van der Waals surface area contributed by atoms with Crippen LogP contribution in [0.5, 0.6) is 5.75 Å². The molecule has 0 bridgehead atoms. The Hall–Kier alpha value is -2.20. The van der Waals surface area contributed by atoms with E-state index in [2.05, 4.69) is 34.6 Å². The summed E-state index contributed by atoms with van der Waals surface area (Å²) >= 11 is 6.10. The van der Waals surface area contributed by atoms with Crippen LogP contribution >= 0.6 is 11.6 Å². The molecule has 5 heteroatoms. The highest BCUT2D eigenvalue weighted by atomic mass is 35.5. The highest BCUT2D eigenvalue weighted by molar-refractivity contribution is 6.32. The molecule has 0 amide bonds. The van der Waals surface area contributed by atoms with E-state index in [0.717, 1.165) is 18.5 Å². The molecule has 0 spiro atoms. The van der Waals surface area contributed by atoms with Crippen molar-refractivity contribution in [1.29, 1.82) is 0 Å². The van der Waals surface area contributed by atoms with Crippen LogP contribution in [0.3, 0.4) is 0 Å². The average Bonchev–Trinajstić information content (AvgIpc) is 2.96. The second kappa shape index (κ2) is 6.92. The maximum atomic E-state index is 6.10. The minimum Gasteiger partial charge on any atom is -0.495 e. The molecule has 0 radical (unpaired) electrons. The number of fused-ring (bicyclic) bond motifs is 1. The van der Waals surface area contributed by atoms with Crippen molar-refractivity contribution in [3.63, 3.8) is 0 Å². The van der Waals surface area contributed by atoms with Crippen LogP contribution in [0.2, 0.25) is 5.02 Å². The lowest BCUT2D eigenvalue weighted by Gasteiger charge is -2.11. The van der Waals surface area contributed by atoms with Crippen LogP contribution in [0.4, 0.5) is 5.69 Å². The molecule has 1 aliphatic rings. The van der Waals surface area contributed by atoms with E-state index in [-0.39, 0.29) is 0 Å². The first-order valence-corrected chi connectivity index (χ1v) is 8.03. The van der Waals surface area contributed by atoms with Gasteiger partial charge in [-0.05, 0) is 42.2 Å². The van der Waals surface area contributed by atoms with Crippen molar-refractivity contribution in [1.82, 2.24) is 0 Å². The maximum Gasteiger partial charge on any atom is 0.193 e. The zero-order valence-electron chi connectivity index (χ0n) is 13.1. The van der Waals surface area contributed by atoms with Gasteiger partial charge < -0.3 is 15.8 Å². The van der Waals surface area contributed by atoms with E-state index in [4.69, 9.17) is 22.1 Å². The molecular weight excluding hydrogens is 310 g/mol. The number of rotatable bonds is 4. The summed E-state index contributed by atoms with van der Waals surface area (Å²) in [6.45, 7) is 0.694. The van der Waals surface area contributed by atoms with E-state index >= 15 is 0 Å². The first-order chi connectivity index (χ1) is 11.2. The van der Waals surface area contributed by atoms with Gasteiger partial charge in [0, 0.05) is 18.2 Å². The molecular formula is C18H20ClN3O. The summed E-state index contributed by atoms with van der Waals surface area (Å²) < 4.78 is 5.13. The predicted molar refractivity (Wildman–Crippen MR) is 95.6 cm³/mol. The molecule has 0 heterocycles. The summed E-state index contributed by atoms with van der Waals surface area (Å²) in [6.07, 6.45) is 2.25. The number of ether oxygens (including phenoxy) is 1.